The number of hydrogen-bond donors (Lipinski definition) is 1. The number of H-pyrrole nitrogens is 1. The zero-order chi connectivity index (χ0) is 10.7. The number of nitrogens with one attached hydrogen (secondary N) is 1. The molecule has 15 heavy (non-hydrogen) atoms. The maximum atomic E-state index is 11.1. The van der Waals surface area contributed by atoms with E-state index >= 15 is 0 Å². The Morgan fingerprint density at radius 2 is 2.60 bits per heavy atom. The fraction of sp³-hybridized carbons (Fsp3) is 0.556. The molecule has 1 aliphatic heterocycles. The van der Waals surface area contributed by atoms with Gasteiger partial charge in [-0.05, 0) is 12.8 Å². The van der Waals surface area contributed by atoms with Crippen LogP contribution >= 0.6 is 11.6 Å². The summed E-state index contributed by atoms with van der Waals surface area (Å²) in [5.41, 5.74) is -0.394. The molecule has 1 unspecified atom stereocenters. The van der Waals surface area contributed by atoms with Gasteiger partial charge in [0.1, 0.15) is 6.61 Å². The molecule has 82 valence electrons. The zero-order valence-corrected chi connectivity index (χ0v) is 8.79. The van der Waals surface area contributed by atoms with Crippen molar-refractivity contribution in [1.29, 1.82) is 0 Å². The van der Waals surface area contributed by atoms with Gasteiger partial charge in [-0.2, -0.15) is 0 Å². The quantitative estimate of drug-likeness (QED) is 0.841. The summed E-state index contributed by atoms with van der Waals surface area (Å²) >= 11 is 5.71. The summed E-state index contributed by atoms with van der Waals surface area (Å²) < 4.78 is 10.7. The number of halogens is 1. The average molecular weight is 231 g/mol. The van der Waals surface area contributed by atoms with Crippen LogP contribution < -0.4 is 10.3 Å². The predicted octanol–water partition coefficient (Wildman–Crippen LogP) is 0.981. The fourth-order valence-corrected chi connectivity index (χ4v) is 1.57. The first-order valence-electron chi connectivity index (χ1n) is 4.75. The monoisotopic (exact) mass is 230 g/mol. The minimum absolute atomic E-state index is 0.0181. The Morgan fingerprint density at radius 1 is 1.73 bits per heavy atom. The lowest BCUT2D eigenvalue weighted by molar-refractivity contribution is 0.0663. The van der Waals surface area contributed by atoms with Gasteiger partial charge in [-0.25, -0.2) is 4.98 Å². The number of nitrogens with zero attached hydrogens (tertiary/aromatic N) is 1. The van der Waals surface area contributed by atoms with Crippen molar-refractivity contribution in [3.05, 3.63) is 21.7 Å². The first-order chi connectivity index (χ1) is 7.27. The Morgan fingerprint density at radius 3 is 3.33 bits per heavy atom. The van der Waals surface area contributed by atoms with E-state index in [2.05, 4.69) is 9.97 Å². The second-order valence-corrected chi connectivity index (χ2v) is 3.67. The Balaban J connectivity index is 1.98. The summed E-state index contributed by atoms with van der Waals surface area (Å²) in [5, 5.41) is -0.0181. The summed E-state index contributed by atoms with van der Waals surface area (Å²) in [6, 6.07) is 0. The molecule has 6 heteroatoms. The largest absolute Gasteiger partial charge is 0.474 e. The Hall–Kier alpha value is -1.07. The van der Waals surface area contributed by atoms with E-state index < -0.39 is 5.56 Å². The van der Waals surface area contributed by atoms with Crippen LogP contribution in [0.2, 0.25) is 5.02 Å². The Bertz CT molecular complexity index is 387. The maximum absolute atomic E-state index is 11.1. The number of hydrogen-bond acceptors (Lipinski definition) is 4. The van der Waals surface area contributed by atoms with Crippen molar-refractivity contribution in [3.63, 3.8) is 0 Å². The highest BCUT2D eigenvalue weighted by molar-refractivity contribution is 6.31. The molecule has 1 saturated heterocycles. The molecule has 1 atom stereocenters. The van der Waals surface area contributed by atoms with E-state index in [1.165, 1.54) is 6.33 Å². The summed E-state index contributed by atoms with van der Waals surface area (Å²) in [6.45, 7) is 1.15. The van der Waals surface area contributed by atoms with Gasteiger partial charge in [0.2, 0.25) is 5.88 Å². The lowest BCUT2D eigenvalue weighted by Crippen LogP contribution is -2.18. The molecule has 0 aliphatic carbocycles. The van der Waals surface area contributed by atoms with E-state index in [0.717, 1.165) is 19.4 Å². The summed E-state index contributed by atoms with van der Waals surface area (Å²) in [7, 11) is 0. The fourth-order valence-electron chi connectivity index (χ4n) is 1.41. The topological polar surface area (TPSA) is 64.2 Å². The zero-order valence-electron chi connectivity index (χ0n) is 8.03. The second-order valence-electron chi connectivity index (χ2n) is 3.30. The van der Waals surface area contributed by atoms with E-state index in [-0.39, 0.29) is 17.0 Å². The highest BCUT2D eigenvalue weighted by Crippen LogP contribution is 2.18. The normalized spacial score (nSPS) is 20.5. The highest BCUT2D eigenvalue weighted by atomic mass is 35.5. The molecule has 1 aliphatic rings. The van der Waals surface area contributed by atoms with Crippen molar-refractivity contribution in [2.45, 2.75) is 18.9 Å². The van der Waals surface area contributed by atoms with Gasteiger partial charge in [-0.3, -0.25) is 4.79 Å². The molecular weight excluding hydrogens is 220 g/mol. The third kappa shape index (κ3) is 2.49. The molecule has 1 fully saturated rings. The molecule has 5 nitrogen and oxygen atoms in total. The van der Waals surface area contributed by atoms with Crippen molar-refractivity contribution < 1.29 is 9.47 Å². The van der Waals surface area contributed by atoms with E-state index in [9.17, 15) is 4.79 Å². The van der Waals surface area contributed by atoms with Crippen LogP contribution in [0.25, 0.3) is 0 Å². The minimum atomic E-state index is -0.394. The lowest BCUT2D eigenvalue weighted by atomic mass is 10.2. The lowest BCUT2D eigenvalue weighted by Gasteiger charge is -2.10. The van der Waals surface area contributed by atoms with Crippen LogP contribution in [0.5, 0.6) is 5.88 Å². The first kappa shape index (κ1) is 10.4. The van der Waals surface area contributed by atoms with Crippen molar-refractivity contribution in [3.8, 4) is 5.88 Å². The molecule has 0 saturated carbocycles. The van der Waals surface area contributed by atoms with Gasteiger partial charge in [0.15, 0.2) is 5.02 Å². The van der Waals surface area contributed by atoms with Crippen LogP contribution in [0.15, 0.2) is 11.1 Å². The first-order valence-corrected chi connectivity index (χ1v) is 5.13. The Labute approximate surface area is 91.4 Å². The summed E-state index contributed by atoms with van der Waals surface area (Å²) in [5.74, 6) is 0.163. The van der Waals surface area contributed by atoms with Gasteiger partial charge in [-0.1, -0.05) is 11.6 Å². The van der Waals surface area contributed by atoms with Crippen molar-refractivity contribution in [2.75, 3.05) is 13.2 Å². The molecule has 1 aromatic heterocycles. The molecule has 2 rings (SSSR count). The molecule has 0 amide bonds. The smallest absolute Gasteiger partial charge is 0.273 e. The van der Waals surface area contributed by atoms with E-state index in [0.29, 0.717) is 6.61 Å². The third-order valence-corrected chi connectivity index (χ3v) is 2.53. The van der Waals surface area contributed by atoms with Crippen molar-refractivity contribution in [1.82, 2.24) is 9.97 Å². The molecule has 0 aromatic carbocycles. The molecule has 0 spiro atoms. The molecule has 0 bridgehead atoms. The number of aromatic amines is 1. The third-order valence-electron chi connectivity index (χ3n) is 2.19. The molecule has 1 aromatic rings. The van der Waals surface area contributed by atoms with Gasteiger partial charge >= 0.3 is 0 Å². The number of aromatic nitrogens is 2. The van der Waals surface area contributed by atoms with Crippen molar-refractivity contribution in [2.24, 2.45) is 0 Å². The van der Waals surface area contributed by atoms with Crippen LogP contribution in [-0.2, 0) is 4.74 Å². The molecule has 1 N–H and O–H groups in total. The van der Waals surface area contributed by atoms with Gasteiger partial charge in [0, 0.05) is 6.61 Å². The summed E-state index contributed by atoms with van der Waals surface area (Å²) in [6.07, 6.45) is 3.37. The van der Waals surface area contributed by atoms with Crippen LogP contribution in [0.4, 0.5) is 0 Å². The number of rotatable bonds is 3. The molecule has 0 radical (unpaired) electrons. The van der Waals surface area contributed by atoms with E-state index in [1.54, 1.807) is 0 Å². The van der Waals surface area contributed by atoms with E-state index in [4.69, 9.17) is 21.1 Å². The van der Waals surface area contributed by atoms with Crippen molar-refractivity contribution >= 4 is 11.6 Å². The van der Waals surface area contributed by atoms with Crippen LogP contribution in [-0.4, -0.2) is 29.3 Å². The van der Waals surface area contributed by atoms with Gasteiger partial charge < -0.3 is 14.5 Å². The van der Waals surface area contributed by atoms with Gasteiger partial charge in [0.25, 0.3) is 5.56 Å². The molecular formula is C9H11ClN2O3. The second kappa shape index (κ2) is 4.63. The molecule has 2 heterocycles. The highest BCUT2D eigenvalue weighted by Gasteiger charge is 2.17. The number of ether oxygens (including phenoxy) is 2. The van der Waals surface area contributed by atoms with Crippen LogP contribution in [0, 0.1) is 0 Å². The van der Waals surface area contributed by atoms with Crippen LogP contribution in [0.1, 0.15) is 12.8 Å². The van der Waals surface area contributed by atoms with Gasteiger partial charge in [0.05, 0.1) is 12.4 Å². The van der Waals surface area contributed by atoms with Crippen LogP contribution in [0.3, 0.4) is 0 Å². The van der Waals surface area contributed by atoms with E-state index in [1.807, 2.05) is 0 Å². The Kier molecular flexibility index (Phi) is 3.23. The van der Waals surface area contributed by atoms with Gasteiger partial charge in [-0.15, -0.1) is 0 Å². The average Bonchev–Trinajstić information content (AvgIpc) is 2.73. The maximum Gasteiger partial charge on any atom is 0.273 e. The summed E-state index contributed by atoms with van der Waals surface area (Å²) in [4.78, 5) is 17.3. The minimum Gasteiger partial charge on any atom is -0.474 e. The SMILES string of the molecule is O=c1[nH]cnc(OCC2CCCO2)c1Cl. The standard InChI is InChI=1S/C9H11ClN2O3/c10-7-8(13)11-5-12-9(7)15-4-6-2-1-3-14-6/h5-6H,1-4H2,(H,11,12,13). The predicted molar refractivity (Wildman–Crippen MR) is 54.3 cm³/mol.